The van der Waals surface area contributed by atoms with Crippen molar-refractivity contribution in [1.29, 1.82) is 0 Å². The molecule has 0 fully saturated rings. The zero-order valence-electron chi connectivity index (χ0n) is 7.86. The Bertz CT molecular complexity index is 297. The summed E-state index contributed by atoms with van der Waals surface area (Å²) in [5.74, 6) is 0.216. The maximum atomic E-state index is 9.39. The largest absolute Gasteiger partial charge is 0.508 e. The van der Waals surface area contributed by atoms with Crippen molar-refractivity contribution in [3.63, 3.8) is 0 Å². The number of rotatable bonds is 2. The Balaban J connectivity index is 3.07. The van der Waals surface area contributed by atoms with Gasteiger partial charge in [-0.2, -0.15) is 0 Å². The normalized spacial score (nSPS) is 15.4. The lowest BCUT2D eigenvalue weighted by Crippen LogP contribution is -2.23. The Hall–Kier alpha value is -1.06. The lowest BCUT2D eigenvalue weighted by atomic mass is 9.98. The maximum absolute atomic E-state index is 9.39. The Morgan fingerprint density at radius 1 is 1.38 bits per heavy atom. The van der Waals surface area contributed by atoms with Gasteiger partial charge in [-0.15, -0.1) is 0 Å². The van der Waals surface area contributed by atoms with Crippen LogP contribution in [0.3, 0.4) is 0 Å². The molecule has 0 aromatic heterocycles. The molecule has 0 aliphatic carbocycles. The Morgan fingerprint density at radius 2 is 2.00 bits per heavy atom. The molecular weight excluding hydrogens is 166 g/mol. The summed E-state index contributed by atoms with van der Waals surface area (Å²) in [7, 11) is 0. The average molecular weight is 181 g/mol. The van der Waals surface area contributed by atoms with Crippen molar-refractivity contribution in [1.82, 2.24) is 0 Å². The van der Waals surface area contributed by atoms with Crippen LogP contribution in [0.4, 0.5) is 0 Å². The van der Waals surface area contributed by atoms with Crippen LogP contribution in [0.5, 0.6) is 5.75 Å². The molecule has 3 heteroatoms. The van der Waals surface area contributed by atoms with Gasteiger partial charge in [0.15, 0.2) is 0 Å². The second-order valence-electron chi connectivity index (χ2n) is 3.26. The monoisotopic (exact) mass is 181 g/mol. The van der Waals surface area contributed by atoms with Crippen molar-refractivity contribution < 1.29 is 10.2 Å². The van der Waals surface area contributed by atoms with Crippen LogP contribution in [0, 0.1) is 6.92 Å². The molecule has 13 heavy (non-hydrogen) atoms. The van der Waals surface area contributed by atoms with Gasteiger partial charge < -0.3 is 15.9 Å². The van der Waals surface area contributed by atoms with E-state index in [2.05, 4.69) is 0 Å². The molecule has 0 bridgehead atoms. The van der Waals surface area contributed by atoms with E-state index in [0.717, 1.165) is 11.1 Å². The first-order valence-corrected chi connectivity index (χ1v) is 4.26. The molecule has 72 valence electrons. The van der Waals surface area contributed by atoms with Gasteiger partial charge in [0.2, 0.25) is 0 Å². The van der Waals surface area contributed by atoms with Crippen molar-refractivity contribution >= 4 is 0 Å². The second-order valence-corrected chi connectivity index (χ2v) is 3.26. The summed E-state index contributed by atoms with van der Waals surface area (Å²) < 4.78 is 0. The van der Waals surface area contributed by atoms with Crippen molar-refractivity contribution in [3.05, 3.63) is 29.3 Å². The molecule has 0 unspecified atom stereocenters. The van der Waals surface area contributed by atoms with Crippen LogP contribution < -0.4 is 5.73 Å². The molecule has 0 aliphatic heterocycles. The minimum absolute atomic E-state index is 0.216. The summed E-state index contributed by atoms with van der Waals surface area (Å²) in [5.41, 5.74) is 7.27. The van der Waals surface area contributed by atoms with E-state index in [-0.39, 0.29) is 5.75 Å². The highest BCUT2D eigenvalue weighted by Crippen LogP contribution is 2.25. The van der Waals surface area contributed by atoms with Gasteiger partial charge in [-0.3, -0.25) is 0 Å². The predicted octanol–water partition coefficient (Wildman–Crippen LogP) is 1.08. The SMILES string of the molecule is Cc1c(O)cccc1[C@H](N)[C@H](C)O. The summed E-state index contributed by atoms with van der Waals surface area (Å²) in [6, 6.07) is 4.70. The first kappa shape index (κ1) is 10.0. The topological polar surface area (TPSA) is 66.5 Å². The Labute approximate surface area is 77.8 Å². The zero-order valence-corrected chi connectivity index (χ0v) is 7.86. The zero-order chi connectivity index (χ0) is 10.0. The quantitative estimate of drug-likeness (QED) is 0.639. The third-order valence-electron chi connectivity index (χ3n) is 2.23. The van der Waals surface area contributed by atoms with Crippen molar-refractivity contribution in [3.8, 4) is 5.75 Å². The van der Waals surface area contributed by atoms with E-state index < -0.39 is 12.1 Å². The number of aliphatic hydroxyl groups is 1. The minimum atomic E-state index is -0.611. The van der Waals surface area contributed by atoms with Crippen LogP contribution in [0.2, 0.25) is 0 Å². The van der Waals surface area contributed by atoms with E-state index in [4.69, 9.17) is 5.73 Å². The fraction of sp³-hybridized carbons (Fsp3) is 0.400. The Kier molecular flexibility index (Phi) is 2.90. The molecule has 1 aromatic rings. The summed E-state index contributed by atoms with van der Waals surface area (Å²) >= 11 is 0. The lowest BCUT2D eigenvalue weighted by molar-refractivity contribution is 0.164. The van der Waals surface area contributed by atoms with Gasteiger partial charge in [0.25, 0.3) is 0 Å². The molecule has 0 aliphatic rings. The van der Waals surface area contributed by atoms with E-state index >= 15 is 0 Å². The van der Waals surface area contributed by atoms with Gasteiger partial charge in [0.1, 0.15) is 5.75 Å². The van der Waals surface area contributed by atoms with Gasteiger partial charge in [0.05, 0.1) is 12.1 Å². The predicted molar refractivity (Wildman–Crippen MR) is 51.5 cm³/mol. The maximum Gasteiger partial charge on any atom is 0.118 e. The first-order valence-electron chi connectivity index (χ1n) is 4.26. The second kappa shape index (κ2) is 3.77. The molecule has 3 nitrogen and oxygen atoms in total. The molecule has 1 aromatic carbocycles. The van der Waals surface area contributed by atoms with Gasteiger partial charge in [0, 0.05) is 0 Å². The van der Waals surface area contributed by atoms with E-state index in [0.29, 0.717) is 0 Å². The number of hydrogen-bond donors (Lipinski definition) is 3. The number of aromatic hydroxyl groups is 1. The van der Waals surface area contributed by atoms with Gasteiger partial charge in [-0.1, -0.05) is 12.1 Å². The summed E-state index contributed by atoms with van der Waals surface area (Å²) in [6.45, 7) is 3.42. The van der Waals surface area contributed by atoms with Crippen LogP contribution in [0.1, 0.15) is 24.1 Å². The highest BCUT2D eigenvalue weighted by Gasteiger charge is 2.15. The molecule has 0 heterocycles. The average Bonchev–Trinajstić information content (AvgIpc) is 2.08. The van der Waals surface area contributed by atoms with Crippen molar-refractivity contribution in [2.75, 3.05) is 0 Å². The number of phenols is 1. The van der Waals surface area contributed by atoms with E-state index in [1.165, 1.54) is 0 Å². The molecule has 0 saturated carbocycles. The number of hydrogen-bond acceptors (Lipinski definition) is 3. The van der Waals surface area contributed by atoms with Crippen LogP contribution in [-0.2, 0) is 0 Å². The molecule has 0 amide bonds. The molecule has 1 rings (SSSR count). The first-order chi connectivity index (χ1) is 6.04. The van der Waals surface area contributed by atoms with E-state index in [1.54, 1.807) is 26.0 Å². The fourth-order valence-electron chi connectivity index (χ4n) is 1.26. The minimum Gasteiger partial charge on any atom is -0.508 e. The number of phenolic OH excluding ortho intramolecular Hbond substituents is 1. The number of aliphatic hydroxyl groups excluding tert-OH is 1. The third-order valence-corrected chi connectivity index (χ3v) is 2.23. The van der Waals surface area contributed by atoms with Crippen LogP contribution >= 0.6 is 0 Å². The molecule has 0 spiro atoms. The Morgan fingerprint density at radius 3 is 2.54 bits per heavy atom. The van der Waals surface area contributed by atoms with Gasteiger partial charge in [-0.05, 0) is 31.0 Å². The van der Waals surface area contributed by atoms with E-state index in [1.807, 2.05) is 6.07 Å². The summed E-state index contributed by atoms with van der Waals surface area (Å²) in [6.07, 6.45) is -0.611. The molecular formula is C10H15NO2. The molecule has 4 N–H and O–H groups in total. The fourth-order valence-corrected chi connectivity index (χ4v) is 1.26. The molecule has 0 radical (unpaired) electrons. The molecule has 2 atom stereocenters. The van der Waals surface area contributed by atoms with E-state index in [9.17, 15) is 10.2 Å². The van der Waals surface area contributed by atoms with Crippen molar-refractivity contribution in [2.45, 2.75) is 26.0 Å². The van der Waals surface area contributed by atoms with Crippen LogP contribution in [-0.4, -0.2) is 16.3 Å². The van der Waals surface area contributed by atoms with Crippen LogP contribution in [0.15, 0.2) is 18.2 Å². The number of benzene rings is 1. The standard InChI is InChI=1S/C10H15NO2/c1-6-8(10(11)7(2)12)4-3-5-9(6)13/h3-5,7,10,12-13H,11H2,1-2H3/t7-,10+/m0/s1. The smallest absolute Gasteiger partial charge is 0.118 e. The molecule has 0 saturated heterocycles. The summed E-state index contributed by atoms with van der Waals surface area (Å²) in [5, 5.41) is 18.7. The van der Waals surface area contributed by atoms with Gasteiger partial charge >= 0.3 is 0 Å². The highest BCUT2D eigenvalue weighted by atomic mass is 16.3. The van der Waals surface area contributed by atoms with Crippen LogP contribution in [0.25, 0.3) is 0 Å². The summed E-state index contributed by atoms with van der Waals surface area (Å²) in [4.78, 5) is 0. The number of nitrogens with two attached hydrogens (primary N) is 1. The van der Waals surface area contributed by atoms with Crippen molar-refractivity contribution in [2.24, 2.45) is 5.73 Å². The highest BCUT2D eigenvalue weighted by molar-refractivity contribution is 5.39. The third kappa shape index (κ3) is 1.99. The van der Waals surface area contributed by atoms with Gasteiger partial charge in [-0.25, -0.2) is 0 Å². The lowest BCUT2D eigenvalue weighted by Gasteiger charge is -2.17.